The summed E-state index contributed by atoms with van der Waals surface area (Å²) < 4.78 is 16.8. The normalized spacial score (nSPS) is 15.0. The van der Waals surface area contributed by atoms with Gasteiger partial charge in [0.2, 0.25) is 0 Å². The van der Waals surface area contributed by atoms with Gasteiger partial charge in [-0.3, -0.25) is 4.90 Å². The predicted octanol–water partition coefficient (Wildman–Crippen LogP) is 3.75. The number of nitrogens with one attached hydrogen (secondary N) is 1. The van der Waals surface area contributed by atoms with E-state index >= 15 is 0 Å². The number of anilines is 1. The van der Waals surface area contributed by atoms with E-state index in [2.05, 4.69) is 47.6 Å². The number of hydrogen-bond acceptors (Lipinski definition) is 4. The lowest BCUT2D eigenvalue weighted by molar-refractivity contribution is 0.144. The number of imidazole rings is 1. The quantitative estimate of drug-likeness (QED) is 0.611. The summed E-state index contributed by atoms with van der Waals surface area (Å²) in [6, 6.07) is 8.23. The Morgan fingerprint density at radius 3 is 2.73 bits per heavy atom. The fraction of sp³-hybridized carbons (Fsp3) is 0.381. The number of nitrogens with zero attached hydrogens (tertiary/aromatic N) is 5. The molecule has 0 unspecified atom stereocenters. The van der Waals surface area contributed by atoms with E-state index in [0.717, 1.165) is 49.6 Å². The van der Waals surface area contributed by atoms with E-state index in [-0.39, 0.29) is 11.7 Å². The summed E-state index contributed by atoms with van der Waals surface area (Å²) >= 11 is 3.22. The molecule has 2 aromatic heterocycles. The highest BCUT2D eigenvalue weighted by Gasteiger charge is 2.22. The number of piperazine rings is 1. The number of fused-ring (bicyclic) bond motifs is 1. The standard InChI is InChI=1S/C21H24BrFN6O/c1-2-19-25-18-4-3-7-24-20(18)29(19)13-10-27-8-11-28(12-9-27)21(30)26-17-6-5-15(22)14-16(17)23/h3-7,14H,2,8-13H2,1H3,(H,26,30). The number of aromatic nitrogens is 3. The van der Waals surface area contributed by atoms with Gasteiger partial charge in [0.15, 0.2) is 5.65 Å². The van der Waals surface area contributed by atoms with Crippen LogP contribution in [-0.4, -0.2) is 63.1 Å². The Morgan fingerprint density at radius 1 is 1.20 bits per heavy atom. The molecule has 1 aliphatic heterocycles. The van der Waals surface area contributed by atoms with Crippen LogP contribution in [0, 0.1) is 5.82 Å². The van der Waals surface area contributed by atoms with E-state index < -0.39 is 5.82 Å². The largest absolute Gasteiger partial charge is 0.322 e. The van der Waals surface area contributed by atoms with Crippen molar-refractivity contribution in [1.82, 2.24) is 24.3 Å². The fourth-order valence-corrected chi connectivity index (χ4v) is 4.04. The molecule has 0 aliphatic carbocycles. The maximum atomic E-state index is 14.0. The number of urea groups is 1. The van der Waals surface area contributed by atoms with Crippen LogP contribution in [0.2, 0.25) is 0 Å². The van der Waals surface area contributed by atoms with Crippen LogP contribution >= 0.6 is 15.9 Å². The first-order chi connectivity index (χ1) is 14.5. The van der Waals surface area contributed by atoms with Crippen LogP contribution in [0.1, 0.15) is 12.7 Å². The summed E-state index contributed by atoms with van der Waals surface area (Å²) in [6.07, 6.45) is 2.66. The monoisotopic (exact) mass is 474 g/mol. The third-order valence-electron chi connectivity index (χ3n) is 5.37. The smallest absolute Gasteiger partial charge is 0.322 e. The van der Waals surface area contributed by atoms with E-state index in [0.29, 0.717) is 17.6 Å². The van der Waals surface area contributed by atoms with E-state index in [1.165, 1.54) is 6.07 Å². The number of carbonyl (C=O) groups excluding carboxylic acids is 1. The second kappa shape index (κ2) is 9.09. The average Bonchev–Trinajstić information content (AvgIpc) is 3.12. The molecular weight excluding hydrogens is 451 g/mol. The molecular formula is C21H24BrFN6O. The summed E-state index contributed by atoms with van der Waals surface area (Å²) in [4.78, 5) is 25.7. The molecule has 0 saturated carbocycles. The number of halogens is 2. The van der Waals surface area contributed by atoms with Gasteiger partial charge in [-0.15, -0.1) is 0 Å². The minimum absolute atomic E-state index is 0.192. The van der Waals surface area contributed by atoms with Gasteiger partial charge in [-0.05, 0) is 30.3 Å². The number of carbonyl (C=O) groups is 1. The molecule has 2 amide bonds. The van der Waals surface area contributed by atoms with Gasteiger partial charge in [-0.2, -0.15) is 0 Å². The Hall–Kier alpha value is -2.52. The van der Waals surface area contributed by atoms with Crippen molar-refractivity contribution < 1.29 is 9.18 Å². The second-order valence-electron chi connectivity index (χ2n) is 7.26. The van der Waals surface area contributed by atoms with Crippen molar-refractivity contribution in [1.29, 1.82) is 0 Å². The van der Waals surface area contributed by atoms with Crippen molar-refractivity contribution in [3.63, 3.8) is 0 Å². The van der Waals surface area contributed by atoms with Gasteiger partial charge in [0, 0.05) is 56.4 Å². The lowest BCUT2D eigenvalue weighted by Crippen LogP contribution is -2.50. The molecule has 1 fully saturated rings. The van der Waals surface area contributed by atoms with Crippen molar-refractivity contribution in [2.45, 2.75) is 19.9 Å². The zero-order chi connectivity index (χ0) is 21.1. The Morgan fingerprint density at radius 2 is 2.00 bits per heavy atom. The van der Waals surface area contributed by atoms with Crippen molar-refractivity contribution >= 4 is 38.8 Å². The highest BCUT2D eigenvalue weighted by molar-refractivity contribution is 9.10. The molecule has 30 heavy (non-hydrogen) atoms. The van der Waals surface area contributed by atoms with Crippen LogP contribution in [-0.2, 0) is 13.0 Å². The third kappa shape index (κ3) is 4.46. The molecule has 158 valence electrons. The number of rotatable bonds is 5. The number of aryl methyl sites for hydroxylation is 1. The molecule has 1 N–H and O–H groups in total. The summed E-state index contributed by atoms with van der Waals surface area (Å²) in [5, 5.41) is 2.66. The molecule has 0 spiro atoms. The molecule has 0 atom stereocenters. The molecule has 3 heterocycles. The molecule has 0 radical (unpaired) electrons. The lowest BCUT2D eigenvalue weighted by atomic mass is 10.3. The van der Waals surface area contributed by atoms with Crippen molar-refractivity contribution in [2.75, 3.05) is 38.0 Å². The van der Waals surface area contributed by atoms with E-state index in [1.54, 1.807) is 23.2 Å². The van der Waals surface area contributed by atoms with Crippen molar-refractivity contribution in [3.05, 3.63) is 52.6 Å². The third-order valence-corrected chi connectivity index (χ3v) is 5.86. The number of benzene rings is 1. The van der Waals surface area contributed by atoms with Crippen LogP contribution in [0.4, 0.5) is 14.9 Å². The molecule has 1 aromatic carbocycles. The topological polar surface area (TPSA) is 66.3 Å². The molecule has 0 bridgehead atoms. The highest BCUT2D eigenvalue weighted by Crippen LogP contribution is 2.20. The first kappa shape index (κ1) is 20.7. The highest BCUT2D eigenvalue weighted by atomic mass is 79.9. The predicted molar refractivity (Wildman–Crippen MR) is 118 cm³/mol. The van der Waals surface area contributed by atoms with Gasteiger partial charge in [-0.25, -0.2) is 19.2 Å². The Balaban J connectivity index is 1.31. The molecule has 7 nitrogen and oxygen atoms in total. The zero-order valence-corrected chi connectivity index (χ0v) is 18.4. The van der Waals surface area contributed by atoms with Crippen molar-refractivity contribution in [3.8, 4) is 0 Å². The molecule has 3 aromatic rings. The first-order valence-electron chi connectivity index (χ1n) is 10.1. The van der Waals surface area contributed by atoms with E-state index in [4.69, 9.17) is 0 Å². The van der Waals surface area contributed by atoms with Gasteiger partial charge in [0.25, 0.3) is 0 Å². The molecule has 1 saturated heterocycles. The van der Waals surface area contributed by atoms with Crippen LogP contribution in [0.5, 0.6) is 0 Å². The van der Waals surface area contributed by atoms with Crippen molar-refractivity contribution in [2.24, 2.45) is 0 Å². The van der Waals surface area contributed by atoms with Crippen LogP contribution < -0.4 is 5.32 Å². The summed E-state index contributed by atoms with van der Waals surface area (Å²) in [7, 11) is 0. The van der Waals surface area contributed by atoms with Gasteiger partial charge < -0.3 is 14.8 Å². The van der Waals surface area contributed by atoms with E-state index in [9.17, 15) is 9.18 Å². The number of hydrogen-bond donors (Lipinski definition) is 1. The molecule has 4 rings (SSSR count). The van der Waals surface area contributed by atoms with Crippen LogP contribution in [0.3, 0.4) is 0 Å². The minimum Gasteiger partial charge on any atom is -0.322 e. The molecule has 9 heteroatoms. The lowest BCUT2D eigenvalue weighted by Gasteiger charge is -2.34. The Kier molecular flexibility index (Phi) is 6.29. The average molecular weight is 475 g/mol. The minimum atomic E-state index is -0.454. The van der Waals surface area contributed by atoms with Gasteiger partial charge in [0.1, 0.15) is 17.2 Å². The zero-order valence-electron chi connectivity index (χ0n) is 16.8. The Labute approximate surface area is 183 Å². The maximum absolute atomic E-state index is 14.0. The number of amides is 2. The second-order valence-corrected chi connectivity index (χ2v) is 8.18. The van der Waals surface area contributed by atoms with Gasteiger partial charge >= 0.3 is 6.03 Å². The Bertz CT molecular complexity index is 1050. The molecule has 1 aliphatic rings. The first-order valence-corrected chi connectivity index (χ1v) is 10.9. The van der Waals surface area contributed by atoms with Gasteiger partial charge in [-0.1, -0.05) is 22.9 Å². The SMILES string of the molecule is CCc1nc2cccnc2n1CCN1CCN(C(=O)Nc2ccc(Br)cc2F)CC1. The number of pyridine rings is 1. The summed E-state index contributed by atoms with van der Waals surface area (Å²) in [5.74, 6) is 0.586. The van der Waals surface area contributed by atoms with E-state index in [1.807, 2.05) is 12.1 Å². The van der Waals surface area contributed by atoms with Crippen LogP contribution in [0.15, 0.2) is 41.0 Å². The summed E-state index contributed by atoms with van der Waals surface area (Å²) in [6.45, 7) is 6.54. The van der Waals surface area contributed by atoms with Crippen LogP contribution in [0.25, 0.3) is 11.2 Å². The van der Waals surface area contributed by atoms with Gasteiger partial charge in [0.05, 0.1) is 5.69 Å². The summed E-state index contributed by atoms with van der Waals surface area (Å²) in [5.41, 5.74) is 2.04. The maximum Gasteiger partial charge on any atom is 0.322 e. The fourth-order valence-electron chi connectivity index (χ4n) is 3.71.